The van der Waals surface area contributed by atoms with E-state index in [9.17, 15) is 18.0 Å². The minimum atomic E-state index is -4.44. The Labute approximate surface area is 144 Å². The molecule has 2 rings (SSSR count). The number of nitrogens with one attached hydrogen (secondary N) is 2. The second kappa shape index (κ2) is 8.29. The smallest absolute Gasteiger partial charge is 0.347 e. The van der Waals surface area contributed by atoms with E-state index in [1.165, 1.54) is 0 Å². The zero-order chi connectivity index (χ0) is 17.7. The van der Waals surface area contributed by atoms with Gasteiger partial charge in [-0.3, -0.25) is 4.79 Å². The molecule has 0 aromatic carbocycles. The lowest BCUT2D eigenvalue weighted by Gasteiger charge is -2.28. The summed E-state index contributed by atoms with van der Waals surface area (Å²) in [7, 11) is 0. The van der Waals surface area contributed by atoms with Gasteiger partial charge in [-0.15, -0.1) is 11.3 Å². The number of amides is 1. The van der Waals surface area contributed by atoms with Crippen molar-refractivity contribution < 1.29 is 18.0 Å². The van der Waals surface area contributed by atoms with Crippen LogP contribution in [0.3, 0.4) is 0 Å². The molecule has 1 amide bonds. The minimum absolute atomic E-state index is 0.114. The zero-order valence-corrected chi connectivity index (χ0v) is 14.8. The molecule has 1 aromatic heterocycles. The van der Waals surface area contributed by atoms with Crippen LogP contribution in [0.25, 0.3) is 0 Å². The fraction of sp³-hybridized carbons (Fsp3) is 0.750. The molecule has 1 aromatic rings. The predicted molar refractivity (Wildman–Crippen MR) is 87.7 cm³/mol. The van der Waals surface area contributed by atoms with Crippen molar-refractivity contribution in [1.29, 1.82) is 0 Å². The monoisotopic (exact) mass is 363 g/mol. The first-order valence-corrected chi connectivity index (χ1v) is 9.22. The summed E-state index contributed by atoms with van der Waals surface area (Å²) in [6.07, 6.45) is -1.41. The van der Waals surface area contributed by atoms with Crippen LogP contribution in [0.2, 0.25) is 0 Å². The molecule has 0 bridgehead atoms. The summed E-state index contributed by atoms with van der Waals surface area (Å²) in [6.45, 7) is 5.86. The molecular formula is C16H24F3N3OS. The number of thiazole rings is 1. The Morgan fingerprint density at radius 1 is 1.46 bits per heavy atom. The van der Waals surface area contributed by atoms with Gasteiger partial charge < -0.3 is 10.6 Å². The molecule has 2 heterocycles. The van der Waals surface area contributed by atoms with Crippen molar-refractivity contribution in [2.24, 2.45) is 11.8 Å². The summed E-state index contributed by atoms with van der Waals surface area (Å²) >= 11 is 0.944. The second-order valence-electron chi connectivity index (χ2n) is 6.37. The van der Waals surface area contributed by atoms with Gasteiger partial charge in [-0.25, -0.2) is 4.98 Å². The van der Waals surface area contributed by atoms with Crippen LogP contribution in [0.15, 0.2) is 5.38 Å². The van der Waals surface area contributed by atoms with E-state index in [1.54, 1.807) is 0 Å². The lowest BCUT2D eigenvalue weighted by molar-refractivity contribution is -0.140. The van der Waals surface area contributed by atoms with Crippen molar-refractivity contribution in [2.45, 2.75) is 51.7 Å². The average molecular weight is 363 g/mol. The Kier molecular flexibility index (Phi) is 6.62. The summed E-state index contributed by atoms with van der Waals surface area (Å²) < 4.78 is 38.0. The van der Waals surface area contributed by atoms with Crippen molar-refractivity contribution in [3.05, 3.63) is 16.1 Å². The largest absolute Gasteiger partial charge is 0.434 e. The molecular weight excluding hydrogens is 339 g/mol. The standard InChI is InChI=1S/C16H24F3N3OS/c1-3-12(15-22-13(9-24-15)16(17,18)19)21-14(23)8-10(2)11-4-6-20-7-5-11/h9-12,20H,3-8H2,1-2H3,(H,21,23). The number of hydrogen-bond donors (Lipinski definition) is 2. The number of piperidine rings is 1. The maximum absolute atomic E-state index is 12.7. The normalized spacial score (nSPS) is 19.0. The molecule has 2 unspecified atom stereocenters. The Balaban J connectivity index is 1.91. The van der Waals surface area contributed by atoms with E-state index in [4.69, 9.17) is 0 Å². The molecule has 4 nitrogen and oxygen atoms in total. The van der Waals surface area contributed by atoms with Gasteiger partial charge in [-0.1, -0.05) is 13.8 Å². The molecule has 1 aliphatic rings. The van der Waals surface area contributed by atoms with E-state index in [0.29, 0.717) is 23.8 Å². The van der Waals surface area contributed by atoms with Crippen LogP contribution >= 0.6 is 11.3 Å². The molecule has 1 fully saturated rings. The molecule has 0 spiro atoms. The van der Waals surface area contributed by atoms with Crippen molar-refractivity contribution in [2.75, 3.05) is 13.1 Å². The van der Waals surface area contributed by atoms with Crippen LogP contribution in [-0.2, 0) is 11.0 Å². The number of halogens is 3. The predicted octanol–water partition coefficient (Wildman–Crippen LogP) is 3.76. The number of carbonyl (C=O) groups is 1. The van der Waals surface area contributed by atoms with Gasteiger partial charge in [0.15, 0.2) is 5.69 Å². The highest BCUT2D eigenvalue weighted by Gasteiger charge is 2.34. The first kappa shape index (κ1) is 19.2. The first-order valence-electron chi connectivity index (χ1n) is 8.34. The Morgan fingerprint density at radius 2 is 2.12 bits per heavy atom. The molecule has 2 atom stereocenters. The summed E-state index contributed by atoms with van der Waals surface area (Å²) in [5, 5.41) is 7.46. The van der Waals surface area contributed by atoms with Gasteiger partial charge in [0.1, 0.15) is 5.01 Å². The van der Waals surface area contributed by atoms with Crippen LogP contribution in [0.4, 0.5) is 13.2 Å². The summed E-state index contributed by atoms with van der Waals surface area (Å²) in [4.78, 5) is 15.9. The molecule has 24 heavy (non-hydrogen) atoms. The summed E-state index contributed by atoms with van der Waals surface area (Å²) in [6, 6.07) is -0.459. The lowest BCUT2D eigenvalue weighted by Crippen LogP contribution is -2.34. The third-order valence-corrected chi connectivity index (χ3v) is 5.51. The van der Waals surface area contributed by atoms with Crippen LogP contribution < -0.4 is 10.6 Å². The molecule has 1 aliphatic heterocycles. The van der Waals surface area contributed by atoms with Crippen LogP contribution in [0, 0.1) is 11.8 Å². The highest BCUT2D eigenvalue weighted by atomic mass is 32.1. The molecule has 0 radical (unpaired) electrons. The number of alkyl halides is 3. The second-order valence-corrected chi connectivity index (χ2v) is 7.26. The fourth-order valence-corrected chi connectivity index (χ4v) is 4.00. The van der Waals surface area contributed by atoms with Gasteiger partial charge in [0, 0.05) is 11.8 Å². The van der Waals surface area contributed by atoms with Crippen LogP contribution in [0.5, 0.6) is 0 Å². The van der Waals surface area contributed by atoms with Gasteiger partial charge in [-0.2, -0.15) is 13.2 Å². The molecule has 0 saturated carbocycles. The van der Waals surface area contributed by atoms with E-state index < -0.39 is 17.9 Å². The van der Waals surface area contributed by atoms with Crippen molar-refractivity contribution in [3.63, 3.8) is 0 Å². The minimum Gasteiger partial charge on any atom is -0.347 e. The number of rotatable bonds is 6. The molecule has 136 valence electrons. The maximum atomic E-state index is 12.7. The van der Waals surface area contributed by atoms with Crippen LogP contribution in [0.1, 0.15) is 56.3 Å². The number of aromatic nitrogens is 1. The van der Waals surface area contributed by atoms with Crippen molar-refractivity contribution >= 4 is 17.2 Å². The molecule has 0 aliphatic carbocycles. The molecule has 8 heteroatoms. The van der Waals surface area contributed by atoms with E-state index in [2.05, 4.69) is 22.5 Å². The SMILES string of the molecule is CCC(NC(=O)CC(C)C1CCNCC1)c1nc(C(F)(F)F)cs1. The third kappa shape index (κ3) is 5.17. The average Bonchev–Trinajstić information content (AvgIpc) is 3.03. The van der Waals surface area contributed by atoms with E-state index in [-0.39, 0.29) is 11.8 Å². The first-order chi connectivity index (χ1) is 11.3. The lowest BCUT2D eigenvalue weighted by atomic mass is 9.84. The summed E-state index contributed by atoms with van der Waals surface area (Å²) in [5.74, 6) is 0.678. The highest BCUT2D eigenvalue weighted by molar-refractivity contribution is 7.09. The third-order valence-electron chi connectivity index (χ3n) is 4.55. The topological polar surface area (TPSA) is 54.0 Å². The fourth-order valence-electron chi connectivity index (χ4n) is 3.04. The van der Waals surface area contributed by atoms with Gasteiger partial charge in [0.25, 0.3) is 0 Å². The number of hydrogen-bond acceptors (Lipinski definition) is 4. The quantitative estimate of drug-likeness (QED) is 0.809. The van der Waals surface area contributed by atoms with Gasteiger partial charge in [-0.05, 0) is 44.2 Å². The van der Waals surface area contributed by atoms with Gasteiger partial charge in [0.2, 0.25) is 5.91 Å². The number of nitrogens with zero attached hydrogens (tertiary/aromatic N) is 1. The summed E-state index contributed by atoms with van der Waals surface area (Å²) in [5.41, 5.74) is -0.890. The Morgan fingerprint density at radius 3 is 2.67 bits per heavy atom. The van der Waals surface area contributed by atoms with Gasteiger partial charge in [0.05, 0.1) is 6.04 Å². The van der Waals surface area contributed by atoms with E-state index in [0.717, 1.165) is 42.6 Å². The molecule has 2 N–H and O–H groups in total. The number of carbonyl (C=O) groups excluding carboxylic acids is 1. The van der Waals surface area contributed by atoms with Crippen molar-refractivity contribution in [3.8, 4) is 0 Å². The Hall–Kier alpha value is -1.15. The molecule has 1 saturated heterocycles. The zero-order valence-electron chi connectivity index (χ0n) is 13.9. The Bertz CT molecular complexity index is 541. The van der Waals surface area contributed by atoms with E-state index >= 15 is 0 Å². The van der Waals surface area contributed by atoms with E-state index in [1.807, 2.05) is 6.92 Å². The maximum Gasteiger partial charge on any atom is 0.434 e. The van der Waals surface area contributed by atoms with Crippen LogP contribution in [-0.4, -0.2) is 24.0 Å². The van der Waals surface area contributed by atoms with Crippen molar-refractivity contribution in [1.82, 2.24) is 15.6 Å². The highest BCUT2D eigenvalue weighted by Crippen LogP contribution is 2.32. The van der Waals surface area contributed by atoms with Gasteiger partial charge >= 0.3 is 6.18 Å².